The van der Waals surface area contributed by atoms with E-state index in [1.54, 1.807) is 65.1 Å². The molecule has 2 unspecified atom stereocenters. The van der Waals surface area contributed by atoms with Gasteiger partial charge in [-0.1, -0.05) is 82.5 Å². The number of carbonyl (C=O) groups is 3. The molecule has 2 aromatic heterocycles. The Morgan fingerprint density at radius 1 is 0.987 bits per heavy atom. The summed E-state index contributed by atoms with van der Waals surface area (Å²) in [6.45, 7) is 22.9. The van der Waals surface area contributed by atoms with Crippen molar-refractivity contribution >= 4 is 34.6 Å². The van der Waals surface area contributed by atoms with Gasteiger partial charge in [-0.2, -0.15) is 13.2 Å². The largest absolute Gasteiger partial charge is 0.465 e. The van der Waals surface area contributed by atoms with Crippen LogP contribution in [0.25, 0.3) is 33.3 Å². The molecule has 14 nitrogen and oxygen atoms in total. The summed E-state index contributed by atoms with van der Waals surface area (Å²) < 4.78 is 69.2. The lowest BCUT2D eigenvalue weighted by Gasteiger charge is -2.46. The summed E-state index contributed by atoms with van der Waals surface area (Å²) >= 11 is 0. The molecular formula is C58H81F3N6O8. The van der Waals surface area contributed by atoms with Crippen LogP contribution in [0.3, 0.4) is 0 Å². The molecule has 4 aromatic rings. The monoisotopic (exact) mass is 1050 g/mol. The zero-order valence-corrected chi connectivity index (χ0v) is 46.0. The Morgan fingerprint density at radius 3 is 2.39 bits per heavy atom. The third-order valence-electron chi connectivity index (χ3n) is 14.3. The highest BCUT2D eigenvalue weighted by Gasteiger charge is 2.43. The fraction of sp³-hybridized carbons (Fsp3) is 0.586. The van der Waals surface area contributed by atoms with Crippen molar-refractivity contribution in [3.05, 3.63) is 83.7 Å². The first-order valence-electron chi connectivity index (χ1n) is 26.6. The third-order valence-corrected chi connectivity index (χ3v) is 14.3. The molecule has 0 spiro atoms. The molecule has 0 aliphatic carbocycles. The normalized spacial score (nSPS) is 18.6. The van der Waals surface area contributed by atoms with Crippen molar-refractivity contribution in [2.24, 2.45) is 11.3 Å². The van der Waals surface area contributed by atoms with Gasteiger partial charge < -0.3 is 38.8 Å². The van der Waals surface area contributed by atoms with Crippen molar-refractivity contribution in [1.82, 2.24) is 25.3 Å². The van der Waals surface area contributed by atoms with Gasteiger partial charge in [0.25, 0.3) is 0 Å². The first-order valence-corrected chi connectivity index (χ1v) is 26.6. The Hall–Kier alpha value is -5.49. The van der Waals surface area contributed by atoms with Crippen LogP contribution in [-0.4, -0.2) is 107 Å². The first-order chi connectivity index (χ1) is 35.2. The summed E-state index contributed by atoms with van der Waals surface area (Å²) in [5.74, 6) is -0.634. The average Bonchev–Trinajstić information content (AvgIpc) is 3.62. The number of carbonyl (C=O) groups excluding carboxylic acids is 3. The predicted molar refractivity (Wildman–Crippen MR) is 287 cm³/mol. The van der Waals surface area contributed by atoms with E-state index >= 15 is 13.2 Å². The summed E-state index contributed by atoms with van der Waals surface area (Å²) in [5.41, 5.74) is 6.32. The molecule has 2 aromatic carbocycles. The maximum Gasteiger partial charge on any atom is 0.408 e. The fourth-order valence-corrected chi connectivity index (χ4v) is 10.3. The standard InChI is InChI=1S/C58H81F3N6O8/c1-13-15-16-20-43-34-65(27-25-37(43)3)44-31-46(51(62-33-44)38(4)72-12)52-47(32-56(9,10)36-74-39(5)68)45-30-42(23-24-49(45)66(52)35-58(59,60)61)41-21-17-19-40(28-41)29-50(63-54(70)75-55(6,7)8)57(11,71)67-26-18-22-48(64-67)53(69)73-14-2/h17,19,21,23-24,28,30-31,33,38,43,48,50,64,71H,3,13-16,18,20,22,25-27,29,32,34-36H2,1-2,4-12H3,(H,63,70)/t38-,43?,48-,50-,57?/m0/s1. The molecule has 2 aliphatic heterocycles. The Morgan fingerprint density at radius 2 is 1.72 bits per heavy atom. The minimum absolute atomic E-state index is 0.0187. The van der Waals surface area contributed by atoms with E-state index in [9.17, 15) is 19.5 Å². The quantitative estimate of drug-likeness (QED) is 0.0315. The van der Waals surface area contributed by atoms with E-state index in [2.05, 4.69) is 29.1 Å². The van der Waals surface area contributed by atoms with Crippen molar-refractivity contribution < 1.29 is 51.6 Å². The molecule has 0 bridgehead atoms. The lowest BCUT2D eigenvalue weighted by Crippen LogP contribution is -2.69. The number of hydrogen-bond acceptors (Lipinski definition) is 12. The number of ether oxygens (including phenoxy) is 4. The van der Waals surface area contributed by atoms with Crippen LogP contribution >= 0.6 is 0 Å². The van der Waals surface area contributed by atoms with Gasteiger partial charge in [0.1, 0.15) is 23.9 Å². The van der Waals surface area contributed by atoms with Gasteiger partial charge in [0.05, 0.1) is 48.6 Å². The maximum atomic E-state index is 15.2. The van der Waals surface area contributed by atoms with Crippen molar-refractivity contribution in [2.75, 3.05) is 44.9 Å². The van der Waals surface area contributed by atoms with Crippen molar-refractivity contribution in [2.45, 2.75) is 169 Å². The van der Waals surface area contributed by atoms with Crippen LogP contribution < -0.4 is 15.6 Å². The highest BCUT2D eigenvalue weighted by atomic mass is 19.4. The molecule has 412 valence electrons. The van der Waals surface area contributed by atoms with Crippen molar-refractivity contribution in [3.8, 4) is 22.4 Å². The first kappa shape index (κ1) is 58.8. The van der Waals surface area contributed by atoms with E-state index in [1.165, 1.54) is 17.1 Å². The average molecular weight is 1050 g/mol. The molecule has 6 rings (SSSR count). The van der Waals surface area contributed by atoms with Crippen molar-refractivity contribution in [1.29, 1.82) is 0 Å². The minimum atomic E-state index is -4.62. The molecule has 1 amide bonds. The smallest absolute Gasteiger partial charge is 0.408 e. The van der Waals surface area contributed by atoms with Gasteiger partial charge in [-0.15, -0.1) is 0 Å². The molecule has 2 saturated heterocycles. The van der Waals surface area contributed by atoms with Crippen LogP contribution in [0, 0.1) is 11.3 Å². The number of alkyl carbamates (subject to hydrolysis) is 1. The number of unbranched alkanes of at least 4 members (excludes halogenated alkanes) is 2. The Kier molecular flexibility index (Phi) is 19.3. The van der Waals surface area contributed by atoms with Crippen LogP contribution in [0.15, 0.2) is 66.9 Å². The summed E-state index contributed by atoms with van der Waals surface area (Å²) in [5, 5.41) is 17.4. The molecule has 0 radical (unpaired) electrons. The Labute approximate surface area is 441 Å². The summed E-state index contributed by atoms with van der Waals surface area (Å²) in [6, 6.07) is 13.3. The molecule has 17 heteroatoms. The maximum absolute atomic E-state index is 15.2. The number of benzene rings is 2. The van der Waals surface area contributed by atoms with Crippen LogP contribution in [0.1, 0.15) is 137 Å². The number of pyridine rings is 1. The van der Waals surface area contributed by atoms with Gasteiger partial charge >= 0.3 is 24.2 Å². The van der Waals surface area contributed by atoms with Gasteiger partial charge in [-0.05, 0) is 126 Å². The molecule has 2 fully saturated rings. The minimum Gasteiger partial charge on any atom is -0.465 e. The number of rotatable bonds is 21. The van der Waals surface area contributed by atoms with E-state index in [1.807, 2.05) is 57.2 Å². The number of nitrogens with one attached hydrogen (secondary N) is 2. The number of hydrazine groups is 1. The molecule has 0 saturated carbocycles. The van der Waals surface area contributed by atoms with Crippen LogP contribution in [-0.2, 0) is 47.9 Å². The highest BCUT2D eigenvalue weighted by molar-refractivity contribution is 5.95. The zero-order valence-electron chi connectivity index (χ0n) is 46.0. The van der Waals surface area contributed by atoms with E-state index in [0.717, 1.165) is 55.5 Å². The van der Waals surface area contributed by atoms with Crippen LogP contribution in [0.2, 0.25) is 0 Å². The van der Waals surface area contributed by atoms with E-state index in [-0.39, 0.29) is 32.0 Å². The number of aliphatic hydroxyl groups is 1. The molecule has 4 heterocycles. The van der Waals surface area contributed by atoms with E-state index in [0.29, 0.717) is 64.9 Å². The number of amides is 1. The lowest BCUT2D eigenvalue weighted by molar-refractivity contribution is -0.172. The number of alkyl halides is 3. The highest BCUT2D eigenvalue weighted by Crippen LogP contribution is 2.44. The Balaban J connectivity index is 1.51. The Bertz CT molecular complexity index is 2640. The molecular weight excluding hydrogens is 966 g/mol. The SMILES string of the molecule is C=C1CCN(c2cnc([C@H](C)OC)c(-c3c(CC(C)(C)COC(C)=O)c4cc(-c5cccc(C[C@H](NC(=O)OC(C)(C)C)C(C)(O)N6CCC[C@@H](C(=O)OCC)N6)c5)ccc4n3CC(F)(F)F)c2)CC1CCCCC. The number of nitrogens with zero attached hydrogens (tertiary/aromatic N) is 4. The molecule has 75 heavy (non-hydrogen) atoms. The van der Waals surface area contributed by atoms with Gasteiger partial charge in [-0.3, -0.25) is 14.6 Å². The number of fused-ring (bicyclic) bond motifs is 1. The number of halogens is 3. The number of methoxy groups -OCH3 is 1. The van der Waals surface area contributed by atoms with Gasteiger partial charge in [0.2, 0.25) is 0 Å². The number of hydrogen-bond donors (Lipinski definition) is 3. The second-order valence-electron chi connectivity index (χ2n) is 22.4. The zero-order chi connectivity index (χ0) is 55.0. The van der Waals surface area contributed by atoms with Gasteiger partial charge in [0, 0.05) is 55.5 Å². The summed E-state index contributed by atoms with van der Waals surface area (Å²) in [4.78, 5) is 45.8. The van der Waals surface area contributed by atoms with Crippen molar-refractivity contribution in [3.63, 3.8) is 0 Å². The summed E-state index contributed by atoms with van der Waals surface area (Å²) in [7, 11) is 1.55. The molecule has 2 aliphatic rings. The molecule has 5 atom stereocenters. The predicted octanol–water partition coefficient (Wildman–Crippen LogP) is 11.4. The number of piperidine rings is 1. The van der Waals surface area contributed by atoms with Crippen LogP contribution in [0.4, 0.5) is 23.7 Å². The van der Waals surface area contributed by atoms with Gasteiger partial charge in [-0.25, -0.2) is 15.2 Å². The second kappa shape index (κ2) is 24.7. The van der Waals surface area contributed by atoms with E-state index in [4.69, 9.17) is 23.9 Å². The van der Waals surface area contributed by atoms with E-state index < -0.39 is 65.7 Å². The third kappa shape index (κ3) is 15.4. The lowest BCUT2D eigenvalue weighted by atomic mass is 9.84. The second-order valence-corrected chi connectivity index (χ2v) is 22.4. The number of anilines is 1. The number of aromatic nitrogens is 2. The molecule has 3 N–H and O–H groups in total. The van der Waals surface area contributed by atoms with Gasteiger partial charge in [0.15, 0.2) is 0 Å². The summed E-state index contributed by atoms with van der Waals surface area (Å²) in [6.07, 6.45) is 2.38. The van der Waals surface area contributed by atoms with Crippen LogP contribution in [0.5, 0.6) is 0 Å². The fourth-order valence-electron chi connectivity index (χ4n) is 10.3. The topological polar surface area (TPSA) is 157 Å². The number of esters is 2.